The number of halogens is 2. The SMILES string of the molecule is Cc1ccc(Cl)cc1N(CC(=O)N(Cc1ccc(Cl)cc1)[C@H](Cc1ccccc1)C(=O)NC(C)(C)C)S(C)(=O)=O. The molecule has 0 aliphatic heterocycles. The number of benzene rings is 3. The van der Waals surface area contributed by atoms with Gasteiger partial charge in [-0.1, -0.05) is 71.7 Å². The Kier molecular flexibility index (Phi) is 10.3. The summed E-state index contributed by atoms with van der Waals surface area (Å²) < 4.78 is 26.9. The maximum atomic E-state index is 14.1. The van der Waals surface area contributed by atoms with Gasteiger partial charge >= 0.3 is 0 Å². The fraction of sp³-hybridized carbons (Fsp3) is 0.333. The van der Waals surface area contributed by atoms with Crippen molar-refractivity contribution in [2.24, 2.45) is 0 Å². The van der Waals surface area contributed by atoms with E-state index in [0.29, 0.717) is 21.3 Å². The van der Waals surface area contributed by atoms with Crippen LogP contribution in [0.5, 0.6) is 0 Å². The third-order valence-corrected chi connectivity index (χ3v) is 7.77. The molecule has 0 saturated heterocycles. The van der Waals surface area contributed by atoms with Crippen molar-refractivity contribution in [3.8, 4) is 0 Å². The summed E-state index contributed by atoms with van der Waals surface area (Å²) in [5.74, 6) is -0.881. The van der Waals surface area contributed by atoms with E-state index in [1.807, 2.05) is 51.1 Å². The average molecular weight is 605 g/mol. The van der Waals surface area contributed by atoms with Gasteiger partial charge in [-0.25, -0.2) is 8.42 Å². The molecule has 1 N–H and O–H groups in total. The Morgan fingerprint density at radius 2 is 1.50 bits per heavy atom. The summed E-state index contributed by atoms with van der Waals surface area (Å²) in [6.07, 6.45) is 1.27. The van der Waals surface area contributed by atoms with E-state index in [1.165, 1.54) is 11.0 Å². The van der Waals surface area contributed by atoms with Gasteiger partial charge in [-0.2, -0.15) is 0 Å². The Morgan fingerprint density at radius 1 is 0.900 bits per heavy atom. The van der Waals surface area contributed by atoms with Gasteiger partial charge < -0.3 is 10.2 Å². The van der Waals surface area contributed by atoms with Crippen LogP contribution in [-0.4, -0.2) is 49.5 Å². The van der Waals surface area contributed by atoms with E-state index < -0.39 is 34.1 Å². The van der Waals surface area contributed by atoms with Crippen LogP contribution in [0.3, 0.4) is 0 Å². The average Bonchev–Trinajstić information content (AvgIpc) is 2.86. The first-order chi connectivity index (χ1) is 18.6. The van der Waals surface area contributed by atoms with Gasteiger partial charge in [0.1, 0.15) is 12.6 Å². The molecule has 2 amide bonds. The van der Waals surface area contributed by atoms with E-state index in [1.54, 1.807) is 43.3 Å². The first-order valence-electron chi connectivity index (χ1n) is 12.8. The minimum atomic E-state index is -3.89. The van der Waals surface area contributed by atoms with Gasteiger partial charge in [0.15, 0.2) is 0 Å². The van der Waals surface area contributed by atoms with Gasteiger partial charge in [0.2, 0.25) is 21.8 Å². The zero-order valence-electron chi connectivity index (χ0n) is 23.3. The second-order valence-corrected chi connectivity index (χ2v) is 13.6. The van der Waals surface area contributed by atoms with E-state index in [2.05, 4.69) is 5.32 Å². The van der Waals surface area contributed by atoms with Crippen molar-refractivity contribution in [2.45, 2.75) is 52.2 Å². The molecule has 0 unspecified atom stereocenters. The lowest BCUT2D eigenvalue weighted by molar-refractivity contribution is -0.140. The molecule has 0 bridgehead atoms. The number of hydrogen-bond acceptors (Lipinski definition) is 4. The topological polar surface area (TPSA) is 86.8 Å². The Labute approximate surface area is 247 Å². The van der Waals surface area contributed by atoms with E-state index in [-0.39, 0.29) is 18.9 Å². The maximum absolute atomic E-state index is 14.1. The number of aryl methyl sites for hydroxylation is 1. The van der Waals surface area contributed by atoms with Gasteiger partial charge in [-0.05, 0) is 68.7 Å². The molecule has 0 aliphatic carbocycles. The number of carbonyl (C=O) groups excluding carboxylic acids is 2. The number of sulfonamides is 1. The molecule has 3 rings (SSSR count). The summed E-state index contributed by atoms with van der Waals surface area (Å²) in [5, 5.41) is 3.87. The first kappa shape index (κ1) is 31.5. The predicted octanol–water partition coefficient (Wildman–Crippen LogP) is 5.62. The number of amides is 2. The summed E-state index contributed by atoms with van der Waals surface area (Å²) in [7, 11) is -3.89. The summed E-state index contributed by atoms with van der Waals surface area (Å²) in [6.45, 7) is 6.89. The molecule has 214 valence electrons. The van der Waals surface area contributed by atoms with Crippen LogP contribution in [0.15, 0.2) is 72.8 Å². The Bertz CT molecular complexity index is 1440. The van der Waals surface area contributed by atoms with Gasteiger partial charge in [-0.3, -0.25) is 13.9 Å². The van der Waals surface area contributed by atoms with E-state index in [4.69, 9.17) is 23.2 Å². The van der Waals surface area contributed by atoms with Crippen molar-refractivity contribution in [1.82, 2.24) is 10.2 Å². The van der Waals surface area contributed by atoms with E-state index in [0.717, 1.165) is 21.7 Å². The lowest BCUT2D eigenvalue weighted by atomic mass is 10.0. The Morgan fingerprint density at radius 3 is 2.08 bits per heavy atom. The molecule has 0 aliphatic rings. The highest BCUT2D eigenvalue weighted by molar-refractivity contribution is 7.92. The van der Waals surface area contributed by atoms with Crippen molar-refractivity contribution >= 4 is 50.7 Å². The van der Waals surface area contributed by atoms with Gasteiger partial charge in [0, 0.05) is 28.5 Å². The lowest BCUT2D eigenvalue weighted by Gasteiger charge is -2.35. The van der Waals surface area contributed by atoms with E-state index in [9.17, 15) is 18.0 Å². The molecule has 0 spiro atoms. The van der Waals surface area contributed by atoms with Crippen LogP contribution in [-0.2, 0) is 32.6 Å². The maximum Gasteiger partial charge on any atom is 0.244 e. The predicted molar refractivity (Wildman–Crippen MR) is 162 cm³/mol. The van der Waals surface area contributed by atoms with Crippen molar-refractivity contribution < 1.29 is 18.0 Å². The van der Waals surface area contributed by atoms with Crippen LogP contribution in [0.2, 0.25) is 10.0 Å². The smallest absolute Gasteiger partial charge is 0.244 e. The highest BCUT2D eigenvalue weighted by atomic mass is 35.5. The third kappa shape index (κ3) is 8.98. The number of nitrogens with zero attached hydrogens (tertiary/aromatic N) is 2. The minimum absolute atomic E-state index is 0.0667. The molecule has 0 saturated carbocycles. The highest BCUT2D eigenvalue weighted by Crippen LogP contribution is 2.27. The lowest BCUT2D eigenvalue weighted by Crippen LogP contribution is -2.56. The van der Waals surface area contributed by atoms with Crippen LogP contribution in [0, 0.1) is 6.92 Å². The molecule has 0 aromatic heterocycles. The number of nitrogens with one attached hydrogen (secondary N) is 1. The second kappa shape index (κ2) is 13.1. The van der Waals surface area contributed by atoms with Gasteiger partial charge in [-0.15, -0.1) is 0 Å². The van der Waals surface area contributed by atoms with E-state index >= 15 is 0 Å². The van der Waals surface area contributed by atoms with Crippen molar-refractivity contribution in [3.05, 3.63) is 99.5 Å². The number of carbonyl (C=O) groups is 2. The molecule has 40 heavy (non-hydrogen) atoms. The molecule has 0 radical (unpaired) electrons. The van der Waals surface area contributed by atoms with Crippen LogP contribution in [0.4, 0.5) is 5.69 Å². The summed E-state index contributed by atoms with van der Waals surface area (Å²) in [5.41, 5.74) is 1.98. The number of rotatable bonds is 10. The molecular formula is C30H35Cl2N3O4S. The molecule has 3 aromatic carbocycles. The molecule has 7 nitrogen and oxygen atoms in total. The number of hydrogen-bond donors (Lipinski definition) is 1. The van der Waals surface area contributed by atoms with Crippen molar-refractivity contribution in [3.63, 3.8) is 0 Å². The second-order valence-electron chi connectivity index (χ2n) is 10.8. The Balaban J connectivity index is 2.09. The Hall–Kier alpha value is -3.07. The summed E-state index contributed by atoms with van der Waals surface area (Å²) >= 11 is 12.3. The zero-order valence-corrected chi connectivity index (χ0v) is 25.6. The quantitative estimate of drug-likeness (QED) is 0.326. The summed E-state index contributed by atoms with van der Waals surface area (Å²) in [4.78, 5) is 29.3. The molecule has 1 atom stereocenters. The molecule has 10 heteroatoms. The van der Waals surface area contributed by atoms with Crippen LogP contribution >= 0.6 is 23.2 Å². The third-order valence-electron chi connectivity index (χ3n) is 6.15. The van der Waals surface area contributed by atoms with Crippen LogP contribution in [0.25, 0.3) is 0 Å². The molecule has 0 heterocycles. The summed E-state index contributed by atoms with van der Waals surface area (Å²) in [6, 6.07) is 20.3. The zero-order chi connectivity index (χ0) is 29.7. The van der Waals surface area contributed by atoms with Gasteiger partial charge in [0.25, 0.3) is 0 Å². The fourth-order valence-electron chi connectivity index (χ4n) is 4.24. The van der Waals surface area contributed by atoms with Crippen molar-refractivity contribution in [2.75, 3.05) is 17.1 Å². The monoisotopic (exact) mass is 603 g/mol. The first-order valence-corrected chi connectivity index (χ1v) is 15.4. The van der Waals surface area contributed by atoms with Gasteiger partial charge in [0.05, 0.1) is 11.9 Å². The normalized spacial score (nSPS) is 12.5. The largest absolute Gasteiger partial charge is 0.350 e. The van der Waals surface area contributed by atoms with Crippen LogP contribution in [0.1, 0.15) is 37.5 Å². The standard InChI is InChI=1S/C30H35Cl2N3O4S/c1-21-11-14-25(32)18-26(21)35(40(5,38)39)20-28(36)34(19-23-12-15-24(31)16-13-23)27(29(37)33-30(2,3)4)17-22-9-7-6-8-10-22/h6-16,18,27H,17,19-20H2,1-5H3,(H,33,37)/t27-/m1/s1. The highest BCUT2D eigenvalue weighted by Gasteiger charge is 2.34. The molecule has 3 aromatic rings. The fourth-order valence-corrected chi connectivity index (χ4v) is 5.43. The number of anilines is 1. The molecule has 0 fully saturated rings. The van der Waals surface area contributed by atoms with Crippen LogP contribution < -0.4 is 9.62 Å². The minimum Gasteiger partial charge on any atom is -0.350 e. The van der Waals surface area contributed by atoms with Crippen molar-refractivity contribution in [1.29, 1.82) is 0 Å². The molecular weight excluding hydrogens is 569 g/mol.